The molecule has 0 radical (unpaired) electrons. The zero-order chi connectivity index (χ0) is 12.8. The molecule has 0 bridgehead atoms. The fourth-order valence-electron chi connectivity index (χ4n) is 1.53. The van der Waals surface area contributed by atoms with E-state index in [-0.39, 0.29) is 0 Å². The van der Waals surface area contributed by atoms with Gasteiger partial charge < -0.3 is 10.1 Å². The first-order chi connectivity index (χ1) is 8.81. The van der Waals surface area contributed by atoms with Crippen molar-refractivity contribution in [2.75, 3.05) is 20.3 Å². The molecule has 2 rings (SSSR count). The molecule has 0 unspecified atom stereocenters. The van der Waals surface area contributed by atoms with E-state index in [0.717, 1.165) is 17.9 Å². The van der Waals surface area contributed by atoms with Gasteiger partial charge in [0.05, 0.1) is 29.2 Å². The van der Waals surface area contributed by atoms with Gasteiger partial charge in [-0.2, -0.15) is 0 Å². The molecule has 96 valence electrons. The van der Waals surface area contributed by atoms with Crippen molar-refractivity contribution in [3.63, 3.8) is 0 Å². The van der Waals surface area contributed by atoms with Crippen molar-refractivity contribution in [2.24, 2.45) is 0 Å². The number of rotatable bonds is 6. The van der Waals surface area contributed by atoms with Gasteiger partial charge in [0, 0.05) is 20.2 Å². The lowest BCUT2D eigenvalue weighted by Gasteiger charge is -2.02. The van der Waals surface area contributed by atoms with Crippen LogP contribution < -0.4 is 5.32 Å². The number of benzene rings is 1. The molecule has 1 heterocycles. The first kappa shape index (κ1) is 13.0. The van der Waals surface area contributed by atoms with Crippen LogP contribution in [0.1, 0.15) is 5.69 Å². The predicted octanol–water partition coefficient (Wildman–Crippen LogP) is 1.66. The number of hydrogen-bond acceptors (Lipinski definition) is 4. The summed E-state index contributed by atoms with van der Waals surface area (Å²) in [6.07, 6.45) is 1.86. The average Bonchev–Trinajstić information content (AvgIpc) is 2.84. The van der Waals surface area contributed by atoms with Crippen molar-refractivity contribution < 1.29 is 4.74 Å². The highest BCUT2D eigenvalue weighted by Gasteiger charge is 2.05. The molecule has 0 spiro atoms. The molecule has 1 N–H and O–H groups in total. The number of ether oxygens (including phenoxy) is 1. The summed E-state index contributed by atoms with van der Waals surface area (Å²) < 4.78 is 6.63. The second-order valence-corrected chi connectivity index (χ2v) is 4.18. The number of halogens is 1. The van der Waals surface area contributed by atoms with E-state index < -0.39 is 0 Å². The van der Waals surface area contributed by atoms with E-state index in [1.54, 1.807) is 11.8 Å². The number of methoxy groups -OCH3 is 1. The van der Waals surface area contributed by atoms with Crippen LogP contribution in [-0.2, 0) is 11.3 Å². The Morgan fingerprint density at radius 2 is 2.22 bits per heavy atom. The van der Waals surface area contributed by atoms with Crippen LogP contribution >= 0.6 is 11.6 Å². The highest BCUT2D eigenvalue weighted by atomic mass is 35.5. The van der Waals surface area contributed by atoms with Crippen LogP contribution in [-0.4, -0.2) is 35.3 Å². The van der Waals surface area contributed by atoms with Crippen molar-refractivity contribution >= 4 is 11.6 Å². The minimum Gasteiger partial charge on any atom is -0.383 e. The molecule has 1 aromatic carbocycles. The number of nitrogens with zero attached hydrogens (tertiary/aromatic N) is 3. The van der Waals surface area contributed by atoms with Crippen LogP contribution in [0.3, 0.4) is 0 Å². The van der Waals surface area contributed by atoms with Crippen molar-refractivity contribution in [1.82, 2.24) is 20.3 Å². The first-order valence-corrected chi connectivity index (χ1v) is 6.05. The minimum absolute atomic E-state index is 0.654. The SMILES string of the molecule is COCCNCc1cn(-c2ccccc2Cl)nn1. The van der Waals surface area contributed by atoms with E-state index >= 15 is 0 Å². The molecule has 0 saturated heterocycles. The lowest BCUT2D eigenvalue weighted by atomic mass is 10.3. The molecular formula is C12H15ClN4O. The number of para-hydroxylation sites is 1. The smallest absolute Gasteiger partial charge is 0.0969 e. The van der Waals surface area contributed by atoms with Crippen LogP contribution in [0.25, 0.3) is 5.69 Å². The highest BCUT2D eigenvalue weighted by molar-refractivity contribution is 6.32. The maximum atomic E-state index is 6.09. The Morgan fingerprint density at radius 3 is 3.00 bits per heavy atom. The first-order valence-electron chi connectivity index (χ1n) is 5.67. The zero-order valence-corrected chi connectivity index (χ0v) is 10.9. The Morgan fingerprint density at radius 1 is 1.39 bits per heavy atom. The molecule has 1 aromatic heterocycles. The van der Waals surface area contributed by atoms with Gasteiger partial charge in [-0.05, 0) is 12.1 Å². The van der Waals surface area contributed by atoms with Gasteiger partial charge in [0.15, 0.2) is 0 Å². The van der Waals surface area contributed by atoms with Gasteiger partial charge in [0.1, 0.15) is 0 Å². The van der Waals surface area contributed by atoms with E-state index in [1.807, 2.05) is 30.5 Å². The Bertz CT molecular complexity index is 500. The second-order valence-electron chi connectivity index (χ2n) is 3.78. The van der Waals surface area contributed by atoms with Gasteiger partial charge in [-0.3, -0.25) is 0 Å². The van der Waals surface area contributed by atoms with Crippen LogP contribution in [0.2, 0.25) is 5.02 Å². The van der Waals surface area contributed by atoms with Crippen molar-refractivity contribution in [1.29, 1.82) is 0 Å². The van der Waals surface area contributed by atoms with Gasteiger partial charge in [0.25, 0.3) is 0 Å². The van der Waals surface area contributed by atoms with Crippen LogP contribution in [0.5, 0.6) is 0 Å². The van der Waals surface area contributed by atoms with E-state index in [2.05, 4.69) is 15.6 Å². The van der Waals surface area contributed by atoms with Gasteiger partial charge >= 0.3 is 0 Å². The third-order valence-corrected chi connectivity index (χ3v) is 2.75. The summed E-state index contributed by atoms with van der Waals surface area (Å²) in [5.74, 6) is 0. The molecule has 0 aliphatic carbocycles. The molecule has 0 fully saturated rings. The Labute approximate surface area is 111 Å². The van der Waals surface area contributed by atoms with E-state index in [9.17, 15) is 0 Å². The molecule has 0 aliphatic heterocycles. The zero-order valence-electron chi connectivity index (χ0n) is 10.1. The van der Waals surface area contributed by atoms with Gasteiger partial charge in [-0.1, -0.05) is 28.9 Å². The van der Waals surface area contributed by atoms with Crippen LogP contribution in [0.4, 0.5) is 0 Å². The van der Waals surface area contributed by atoms with Gasteiger partial charge in [0.2, 0.25) is 0 Å². The maximum absolute atomic E-state index is 6.09. The summed E-state index contributed by atoms with van der Waals surface area (Å²) in [6.45, 7) is 2.13. The minimum atomic E-state index is 0.654. The van der Waals surface area contributed by atoms with Crippen LogP contribution in [0, 0.1) is 0 Å². The molecule has 18 heavy (non-hydrogen) atoms. The van der Waals surface area contributed by atoms with Crippen LogP contribution in [0.15, 0.2) is 30.5 Å². The summed E-state index contributed by atoms with van der Waals surface area (Å²) in [4.78, 5) is 0. The molecule has 5 nitrogen and oxygen atoms in total. The van der Waals surface area contributed by atoms with E-state index in [0.29, 0.717) is 18.2 Å². The monoisotopic (exact) mass is 266 g/mol. The standard InChI is InChI=1S/C12H15ClN4O/c1-18-7-6-14-8-10-9-17(16-15-10)12-5-3-2-4-11(12)13/h2-5,9,14H,6-8H2,1H3. The predicted molar refractivity (Wildman–Crippen MR) is 70.0 cm³/mol. The highest BCUT2D eigenvalue weighted by Crippen LogP contribution is 2.18. The van der Waals surface area contributed by atoms with Gasteiger partial charge in [-0.15, -0.1) is 5.10 Å². The van der Waals surface area contributed by atoms with E-state index in [4.69, 9.17) is 16.3 Å². The lowest BCUT2D eigenvalue weighted by molar-refractivity contribution is 0.199. The second kappa shape index (κ2) is 6.49. The molecular weight excluding hydrogens is 252 g/mol. The third kappa shape index (κ3) is 3.29. The fraction of sp³-hybridized carbons (Fsp3) is 0.333. The summed E-state index contributed by atoms with van der Waals surface area (Å²) in [5, 5.41) is 12.0. The molecule has 0 aliphatic rings. The van der Waals surface area contributed by atoms with Crippen molar-refractivity contribution in [3.8, 4) is 5.69 Å². The Kier molecular flexibility index (Phi) is 4.69. The molecule has 2 aromatic rings. The number of aromatic nitrogens is 3. The largest absolute Gasteiger partial charge is 0.383 e. The molecule has 0 atom stereocenters. The summed E-state index contributed by atoms with van der Waals surface area (Å²) >= 11 is 6.09. The lowest BCUT2D eigenvalue weighted by Crippen LogP contribution is -2.18. The normalized spacial score (nSPS) is 10.8. The Hall–Kier alpha value is -1.43. The maximum Gasteiger partial charge on any atom is 0.0969 e. The molecule has 0 saturated carbocycles. The fourth-order valence-corrected chi connectivity index (χ4v) is 1.75. The third-order valence-electron chi connectivity index (χ3n) is 2.43. The summed E-state index contributed by atoms with van der Waals surface area (Å²) in [6, 6.07) is 7.53. The van der Waals surface area contributed by atoms with Crippen molar-refractivity contribution in [3.05, 3.63) is 41.2 Å². The summed E-state index contributed by atoms with van der Waals surface area (Å²) in [5.41, 5.74) is 1.70. The van der Waals surface area contributed by atoms with Gasteiger partial charge in [-0.25, -0.2) is 4.68 Å². The average molecular weight is 267 g/mol. The topological polar surface area (TPSA) is 52.0 Å². The number of nitrogens with one attached hydrogen (secondary N) is 1. The van der Waals surface area contributed by atoms with Crippen molar-refractivity contribution in [2.45, 2.75) is 6.54 Å². The summed E-state index contributed by atoms with van der Waals surface area (Å²) in [7, 11) is 1.68. The number of hydrogen-bond donors (Lipinski definition) is 1. The quantitative estimate of drug-likeness (QED) is 0.808. The molecule has 6 heteroatoms. The van der Waals surface area contributed by atoms with E-state index in [1.165, 1.54) is 0 Å². The molecule has 0 amide bonds. The Balaban J connectivity index is 2.00.